The van der Waals surface area contributed by atoms with Gasteiger partial charge in [-0.25, -0.2) is 4.98 Å². The number of hydrogen-bond donors (Lipinski definition) is 1. The normalized spacial score (nSPS) is 10.5. The second-order valence-electron chi connectivity index (χ2n) is 5.17. The first-order chi connectivity index (χ1) is 11.7. The van der Waals surface area contributed by atoms with Crippen LogP contribution in [0.3, 0.4) is 0 Å². The number of fused-ring (bicyclic) bond motifs is 1. The maximum absolute atomic E-state index is 11.9. The average molecular weight is 325 g/mol. The van der Waals surface area contributed by atoms with Gasteiger partial charge in [0.25, 0.3) is 5.91 Å². The summed E-state index contributed by atoms with van der Waals surface area (Å²) in [5.74, 6) is 1.21. The molecular formula is C18H19N3O3. The van der Waals surface area contributed by atoms with Crippen LogP contribution in [0, 0.1) is 0 Å². The Hall–Kier alpha value is -3.02. The molecule has 1 amide bonds. The van der Waals surface area contributed by atoms with Gasteiger partial charge in [-0.15, -0.1) is 0 Å². The number of rotatable bonds is 7. The summed E-state index contributed by atoms with van der Waals surface area (Å²) in [6, 6.07) is 13.0. The van der Waals surface area contributed by atoms with E-state index in [-0.39, 0.29) is 12.5 Å². The molecule has 6 nitrogen and oxygen atoms in total. The van der Waals surface area contributed by atoms with Crippen molar-refractivity contribution >= 4 is 11.6 Å². The summed E-state index contributed by atoms with van der Waals surface area (Å²) >= 11 is 0. The maximum Gasteiger partial charge on any atom is 0.258 e. The quantitative estimate of drug-likeness (QED) is 0.724. The van der Waals surface area contributed by atoms with Crippen molar-refractivity contribution in [2.75, 3.05) is 13.2 Å². The minimum atomic E-state index is -0.194. The van der Waals surface area contributed by atoms with Crippen molar-refractivity contribution in [3.05, 3.63) is 60.6 Å². The molecule has 0 saturated heterocycles. The Balaban J connectivity index is 1.47. The second kappa shape index (κ2) is 7.50. The first-order valence-corrected chi connectivity index (χ1v) is 7.79. The van der Waals surface area contributed by atoms with E-state index in [4.69, 9.17) is 9.47 Å². The minimum Gasteiger partial charge on any atom is -0.494 e. The summed E-state index contributed by atoms with van der Waals surface area (Å²) in [6.45, 7) is 2.87. The van der Waals surface area contributed by atoms with Crippen molar-refractivity contribution in [1.82, 2.24) is 14.7 Å². The summed E-state index contributed by atoms with van der Waals surface area (Å²) in [5, 5.41) is 2.80. The molecule has 2 aromatic heterocycles. The molecule has 0 spiro atoms. The van der Waals surface area contributed by atoms with E-state index >= 15 is 0 Å². The third-order valence-electron chi connectivity index (χ3n) is 3.39. The molecule has 3 aromatic rings. The minimum absolute atomic E-state index is 0.0403. The fourth-order valence-electron chi connectivity index (χ4n) is 2.26. The molecule has 1 aromatic carbocycles. The zero-order chi connectivity index (χ0) is 16.8. The molecule has 0 aliphatic carbocycles. The molecular weight excluding hydrogens is 306 g/mol. The van der Waals surface area contributed by atoms with Crippen LogP contribution in [-0.4, -0.2) is 28.5 Å². The van der Waals surface area contributed by atoms with Gasteiger partial charge < -0.3 is 19.2 Å². The monoisotopic (exact) mass is 325 g/mol. The van der Waals surface area contributed by atoms with Gasteiger partial charge in [-0.1, -0.05) is 6.07 Å². The lowest BCUT2D eigenvalue weighted by molar-refractivity contribution is -0.123. The van der Waals surface area contributed by atoms with Crippen molar-refractivity contribution in [3.63, 3.8) is 0 Å². The van der Waals surface area contributed by atoms with Gasteiger partial charge >= 0.3 is 0 Å². The van der Waals surface area contributed by atoms with Crippen LogP contribution >= 0.6 is 0 Å². The Morgan fingerprint density at radius 3 is 2.58 bits per heavy atom. The van der Waals surface area contributed by atoms with Crippen molar-refractivity contribution in [3.8, 4) is 11.5 Å². The standard InChI is InChI=1S/C18H19N3O3/c1-2-23-15-6-8-16(9-7-15)24-13-18(22)19-11-14-12-21-10-4-3-5-17(21)20-14/h3-10,12H,2,11,13H2,1H3,(H,19,22). The molecule has 0 aliphatic heterocycles. The van der Waals surface area contributed by atoms with E-state index in [0.29, 0.717) is 18.9 Å². The maximum atomic E-state index is 11.9. The van der Waals surface area contributed by atoms with E-state index < -0.39 is 0 Å². The Labute approximate surface area is 140 Å². The smallest absolute Gasteiger partial charge is 0.258 e. The van der Waals surface area contributed by atoms with Crippen LogP contribution in [0.2, 0.25) is 0 Å². The van der Waals surface area contributed by atoms with Gasteiger partial charge in [0, 0.05) is 12.4 Å². The number of imidazole rings is 1. The van der Waals surface area contributed by atoms with Crippen LogP contribution in [0.5, 0.6) is 11.5 Å². The average Bonchev–Trinajstić information content (AvgIpc) is 3.02. The van der Waals surface area contributed by atoms with E-state index in [1.54, 1.807) is 12.1 Å². The van der Waals surface area contributed by atoms with Gasteiger partial charge in [-0.3, -0.25) is 4.79 Å². The number of aromatic nitrogens is 2. The van der Waals surface area contributed by atoms with Crippen molar-refractivity contribution in [2.24, 2.45) is 0 Å². The van der Waals surface area contributed by atoms with Gasteiger partial charge in [0.1, 0.15) is 17.1 Å². The molecule has 6 heteroatoms. The number of ether oxygens (including phenoxy) is 2. The zero-order valence-electron chi connectivity index (χ0n) is 13.4. The molecule has 3 rings (SSSR count). The number of nitrogens with zero attached hydrogens (tertiary/aromatic N) is 2. The van der Waals surface area contributed by atoms with E-state index in [0.717, 1.165) is 17.1 Å². The van der Waals surface area contributed by atoms with Gasteiger partial charge in [0.15, 0.2) is 6.61 Å². The van der Waals surface area contributed by atoms with E-state index in [1.165, 1.54) is 0 Å². The molecule has 24 heavy (non-hydrogen) atoms. The van der Waals surface area contributed by atoms with Gasteiger partial charge in [-0.05, 0) is 43.3 Å². The zero-order valence-corrected chi connectivity index (χ0v) is 13.4. The van der Waals surface area contributed by atoms with Gasteiger partial charge in [0.05, 0.1) is 18.8 Å². The number of carbonyl (C=O) groups is 1. The Kier molecular flexibility index (Phi) is 4.96. The number of pyridine rings is 1. The van der Waals surface area contributed by atoms with E-state index in [9.17, 15) is 4.79 Å². The second-order valence-corrected chi connectivity index (χ2v) is 5.17. The lowest BCUT2D eigenvalue weighted by Gasteiger charge is -2.08. The molecule has 0 saturated carbocycles. The Bertz CT molecular complexity index is 779. The molecule has 1 N–H and O–H groups in total. The van der Waals surface area contributed by atoms with Crippen LogP contribution in [0.1, 0.15) is 12.6 Å². The van der Waals surface area contributed by atoms with Crippen molar-refractivity contribution < 1.29 is 14.3 Å². The highest BCUT2D eigenvalue weighted by Crippen LogP contribution is 2.17. The van der Waals surface area contributed by atoms with Crippen molar-refractivity contribution in [2.45, 2.75) is 13.5 Å². The highest BCUT2D eigenvalue weighted by Gasteiger charge is 2.05. The number of nitrogens with one attached hydrogen (secondary N) is 1. The van der Waals surface area contributed by atoms with Gasteiger partial charge in [-0.2, -0.15) is 0 Å². The van der Waals surface area contributed by atoms with E-state index in [2.05, 4.69) is 10.3 Å². The first-order valence-electron chi connectivity index (χ1n) is 7.79. The number of amides is 1. The third kappa shape index (κ3) is 4.04. The molecule has 0 radical (unpaired) electrons. The highest BCUT2D eigenvalue weighted by atomic mass is 16.5. The molecule has 2 heterocycles. The first kappa shape index (κ1) is 15.9. The lowest BCUT2D eigenvalue weighted by atomic mass is 10.3. The van der Waals surface area contributed by atoms with Crippen molar-refractivity contribution in [1.29, 1.82) is 0 Å². The molecule has 0 fully saturated rings. The highest BCUT2D eigenvalue weighted by molar-refractivity contribution is 5.77. The predicted octanol–water partition coefficient (Wildman–Crippen LogP) is 2.43. The fourth-order valence-corrected chi connectivity index (χ4v) is 2.26. The number of benzene rings is 1. The van der Waals surface area contributed by atoms with Crippen LogP contribution in [0.4, 0.5) is 0 Å². The number of carbonyl (C=O) groups excluding carboxylic acids is 1. The lowest BCUT2D eigenvalue weighted by Crippen LogP contribution is -2.28. The molecule has 124 valence electrons. The Morgan fingerprint density at radius 2 is 1.88 bits per heavy atom. The van der Waals surface area contributed by atoms with Crippen LogP contribution < -0.4 is 14.8 Å². The third-order valence-corrected chi connectivity index (χ3v) is 3.39. The predicted molar refractivity (Wildman–Crippen MR) is 90.1 cm³/mol. The summed E-state index contributed by atoms with van der Waals surface area (Å²) in [6.07, 6.45) is 3.81. The topological polar surface area (TPSA) is 64.9 Å². The number of hydrogen-bond acceptors (Lipinski definition) is 4. The SMILES string of the molecule is CCOc1ccc(OCC(=O)NCc2cn3ccccc3n2)cc1. The van der Waals surface area contributed by atoms with E-state index in [1.807, 2.05) is 54.0 Å². The Morgan fingerprint density at radius 1 is 1.12 bits per heavy atom. The molecule has 0 unspecified atom stereocenters. The summed E-state index contributed by atoms with van der Waals surface area (Å²) in [5.41, 5.74) is 1.66. The van der Waals surface area contributed by atoms with Gasteiger partial charge in [0.2, 0.25) is 0 Å². The molecule has 0 aliphatic rings. The molecule has 0 atom stereocenters. The van der Waals surface area contributed by atoms with Crippen LogP contribution in [0.25, 0.3) is 5.65 Å². The fraction of sp³-hybridized carbons (Fsp3) is 0.222. The summed E-state index contributed by atoms with van der Waals surface area (Å²) < 4.78 is 12.7. The van der Waals surface area contributed by atoms with Crippen LogP contribution in [0.15, 0.2) is 54.9 Å². The summed E-state index contributed by atoms with van der Waals surface area (Å²) in [4.78, 5) is 16.3. The largest absolute Gasteiger partial charge is 0.494 e. The summed E-state index contributed by atoms with van der Waals surface area (Å²) in [7, 11) is 0. The molecule has 0 bridgehead atoms. The van der Waals surface area contributed by atoms with Crippen LogP contribution in [-0.2, 0) is 11.3 Å².